The maximum absolute atomic E-state index is 12.9. The first-order valence-electron chi connectivity index (χ1n) is 4.36. The largest absolute Gasteiger partial charge is 0.378 e. The number of hydrogen-bond acceptors (Lipinski definition) is 4. The second-order valence-corrected chi connectivity index (χ2v) is 4.80. The zero-order chi connectivity index (χ0) is 11.3. The number of aromatic amines is 1. The van der Waals surface area contributed by atoms with E-state index in [0.29, 0.717) is 11.3 Å². The van der Waals surface area contributed by atoms with Crippen LogP contribution in [-0.2, 0) is 10.1 Å². The fourth-order valence-electron chi connectivity index (χ4n) is 1.59. The minimum absolute atomic E-state index is 0.0308. The summed E-state index contributed by atoms with van der Waals surface area (Å²) in [6.07, 6.45) is 1.16. The van der Waals surface area contributed by atoms with Gasteiger partial charge in [0.15, 0.2) is 10.6 Å². The van der Waals surface area contributed by atoms with Crippen LogP contribution in [0.25, 0.3) is 11.3 Å². The van der Waals surface area contributed by atoms with Crippen LogP contribution in [0, 0.1) is 5.82 Å². The molecule has 0 saturated heterocycles. The van der Waals surface area contributed by atoms with E-state index >= 15 is 0 Å². The second-order valence-electron chi connectivity index (χ2n) is 3.29. The third-order valence-corrected chi connectivity index (χ3v) is 3.53. The Hall–Kier alpha value is -1.89. The van der Waals surface area contributed by atoms with Crippen LogP contribution < -0.4 is 4.18 Å². The lowest BCUT2D eigenvalue weighted by molar-refractivity contribution is 0.480. The molecule has 2 aromatic rings. The Labute approximate surface area is 90.0 Å². The lowest BCUT2D eigenvalue weighted by Gasteiger charge is -2.16. The Balaban J connectivity index is 2.38. The summed E-state index contributed by atoms with van der Waals surface area (Å²) in [5.41, 5.74) is 0.796. The molecule has 7 heteroatoms. The van der Waals surface area contributed by atoms with Gasteiger partial charge in [-0.25, -0.2) is 4.39 Å². The molecule has 1 N–H and O–H groups in total. The first-order valence-corrected chi connectivity index (χ1v) is 5.76. The van der Waals surface area contributed by atoms with Crippen molar-refractivity contribution in [3.63, 3.8) is 0 Å². The summed E-state index contributed by atoms with van der Waals surface area (Å²) >= 11 is 0. The van der Waals surface area contributed by atoms with Crippen molar-refractivity contribution in [3.8, 4) is 17.0 Å². The van der Waals surface area contributed by atoms with Crippen molar-refractivity contribution in [1.29, 1.82) is 0 Å². The zero-order valence-electron chi connectivity index (χ0n) is 7.77. The number of H-pyrrole nitrogens is 1. The maximum atomic E-state index is 12.9. The number of aromatic nitrogens is 2. The van der Waals surface area contributed by atoms with E-state index < -0.39 is 15.9 Å². The number of nitrogens with zero attached hydrogens (tertiary/aromatic N) is 1. The van der Waals surface area contributed by atoms with Gasteiger partial charge in [-0.2, -0.15) is 13.5 Å². The molecular formula is C9H5FN2O3S. The van der Waals surface area contributed by atoms with Crippen LogP contribution in [-0.4, -0.2) is 18.6 Å². The van der Waals surface area contributed by atoms with Crippen molar-refractivity contribution in [2.75, 3.05) is 0 Å². The predicted molar refractivity (Wildman–Crippen MR) is 51.8 cm³/mol. The Morgan fingerprint density at radius 3 is 3.00 bits per heavy atom. The minimum atomic E-state index is -3.89. The van der Waals surface area contributed by atoms with Crippen LogP contribution in [0.4, 0.5) is 4.39 Å². The minimum Gasteiger partial charge on any atom is -0.378 e. The SMILES string of the molecule is O=S1(=O)Oc2cc(F)ccc2-c2[nH]ncc21. The van der Waals surface area contributed by atoms with Gasteiger partial charge >= 0.3 is 10.1 Å². The van der Waals surface area contributed by atoms with Gasteiger partial charge in [0.25, 0.3) is 0 Å². The number of rotatable bonds is 0. The van der Waals surface area contributed by atoms with E-state index in [1.807, 2.05) is 0 Å². The Bertz CT molecular complexity index is 678. The van der Waals surface area contributed by atoms with Gasteiger partial charge in [-0.1, -0.05) is 0 Å². The molecule has 0 fully saturated rings. The van der Waals surface area contributed by atoms with E-state index in [9.17, 15) is 12.8 Å². The molecule has 5 nitrogen and oxygen atoms in total. The van der Waals surface area contributed by atoms with E-state index in [4.69, 9.17) is 4.18 Å². The molecule has 0 aliphatic carbocycles. The summed E-state index contributed by atoms with van der Waals surface area (Å²) in [5.74, 6) is -0.589. The summed E-state index contributed by atoms with van der Waals surface area (Å²) in [4.78, 5) is -0.0355. The molecule has 0 atom stereocenters. The van der Waals surface area contributed by atoms with Gasteiger partial charge in [-0.05, 0) is 12.1 Å². The fourth-order valence-corrected chi connectivity index (χ4v) is 2.64. The van der Waals surface area contributed by atoms with E-state index in [0.717, 1.165) is 12.3 Å². The van der Waals surface area contributed by atoms with Gasteiger partial charge < -0.3 is 4.18 Å². The standard InChI is InChI=1S/C9H5FN2O3S/c10-5-1-2-6-7(3-5)15-16(13,14)8-4-11-12-9(6)8/h1-4H,(H,11,12). The monoisotopic (exact) mass is 240 g/mol. The van der Waals surface area contributed by atoms with Crippen molar-refractivity contribution < 1.29 is 17.0 Å². The first kappa shape index (κ1) is 9.34. The van der Waals surface area contributed by atoms with Crippen LogP contribution in [0.3, 0.4) is 0 Å². The molecule has 1 aromatic heterocycles. The van der Waals surface area contributed by atoms with E-state index in [2.05, 4.69) is 10.2 Å². The number of nitrogens with one attached hydrogen (secondary N) is 1. The third-order valence-electron chi connectivity index (χ3n) is 2.29. The highest BCUT2D eigenvalue weighted by Crippen LogP contribution is 2.39. The van der Waals surface area contributed by atoms with Crippen molar-refractivity contribution in [2.45, 2.75) is 4.90 Å². The molecule has 0 amide bonds. The Morgan fingerprint density at radius 1 is 1.38 bits per heavy atom. The molecular weight excluding hydrogens is 235 g/mol. The highest BCUT2D eigenvalue weighted by atomic mass is 32.2. The van der Waals surface area contributed by atoms with E-state index in [1.54, 1.807) is 0 Å². The average Bonchev–Trinajstić information content (AvgIpc) is 2.65. The van der Waals surface area contributed by atoms with Gasteiger partial charge in [-0.3, -0.25) is 5.10 Å². The lowest BCUT2D eigenvalue weighted by atomic mass is 10.1. The van der Waals surface area contributed by atoms with Gasteiger partial charge in [-0.15, -0.1) is 0 Å². The zero-order valence-corrected chi connectivity index (χ0v) is 8.58. The summed E-state index contributed by atoms with van der Waals surface area (Å²) in [6.45, 7) is 0. The van der Waals surface area contributed by atoms with E-state index in [1.165, 1.54) is 12.1 Å². The van der Waals surface area contributed by atoms with Crippen molar-refractivity contribution in [1.82, 2.24) is 10.2 Å². The third kappa shape index (κ3) is 1.15. The molecule has 82 valence electrons. The van der Waals surface area contributed by atoms with Crippen LogP contribution in [0.15, 0.2) is 29.3 Å². The van der Waals surface area contributed by atoms with Crippen LogP contribution in [0.5, 0.6) is 5.75 Å². The number of hydrogen-bond donors (Lipinski definition) is 1. The van der Waals surface area contributed by atoms with Crippen LogP contribution >= 0.6 is 0 Å². The summed E-state index contributed by atoms with van der Waals surface area (Å²) in [7, 11) is -3.89. The van der Waals surface area contributed by atoms with Gasteiger partial charge in [0.2, 0.25) is 0 Å². The molecule has 1 aliphatic heterocycles. The van der Waals surface area contributed by atoms with Crippen molar-refractivity contribution in [2.24, 2.45) is 0 Å². The molecule has 1 aromatic carbocycles. The number of fused-ring (bicyclic) bond motifs is 3. The highest BCUT2D eigenvalue weighted by Gasteiger charge is 2.31. The lowest BCUT2D eigenvalue weighted by Crippen LogP contribution is -2.15. The highest BCUT2D eigenvalue weighted by molar-refractivity contribution is 7.87. The number of benzene rings is 1. The van der Waals surface area contributed by atoms with E-state index in [-0.39, 0.29) is 10.6 Å². The Kier molecular flexibility index (Phi) is 1.65. The van der Waals surface area contributed by atoms with Crippen molar-refractivity contribution in [3.05, 3.63) is 30.2 Å². The smallest absolute Gasteiger partial charge is 0.343 e. The molecule has 0 unspecified atom stereocenters. The maximum Gasteiger partial charge on any atom is 0.343 e. The van der Waals surface area contributed by atoms with Gasteiger partial charge in [0.1, 0.15) is 5.82 Å². The predicted octanol–water partition coefficient (Wildman–Crippen LogP) is 1.30. The van der Waals surface area contributed by atoms with Crippen LogP contribution in [0.1, 0.15) is 0 Å². The first-order chi connectivity index (χ1) is 7.58. The van der Waals surface area contributed by atoms with Crippen molar-refractivity contribution >= 4 is 10.1 Å². The summed E-state index contributed by atoms with van der Waals surface area (Å²) in [5, 5.41) is 6.20. The quantitative estimate of drug-likeness (QED) is 0.704. The average molecular weight is 240 g/mol. The molecule has 2 heterocycles. The molecule has 0 bridgehead atoms. The summed E-state index contributed by atoms with van der Waals surface area (Å²) < 4.78 is 40.9. The molecule has 16 heavy (non-hydrogen) atoms. The topological polar surface area (TPSA) is 72.1 Å². The van der Waals surface area contributed by atoms with Crippen LogP contribution in [0.2, 0.25) is 0 Å². The number of halogens is 1. The molecule has 0 spiro atoms. The molecule has 3 rings (SSSR count). The van der Waals surface area contributed by atoms with Gasteiger partial charge in [0, 0.05) is 11.6 Å². The molecule has 0 saturated carbocycles. The Morgan fingerprint density at radius 2 is 2.19 bits per heavy atom. The van der Waals surface area contributed by atoms with Gasteiger partial charge in [0.05, 0.1) is 11.9 Å². The molecule has 0 radical (unpaired) electrons. The normalized spacial score (nSPS) is 16.1. The molecule has 1 aliphatic rings. The second kappa shape index (κ2) is 2.82. The summed E-state index contributed by atoms with van der Waals surface area (Å²) in [6, 6.07) is 3.69. The fraction of sp³-hybridized carbons (Fsp3) is 0.